The highest BCUT2D eigenvalue weighted by molar-refractivity contribution is 9.10. The molecule has 7 heteroatoms. The van der Waals surface area contributed by atoms with Crippen LogP contribution in [0, 0.1) is 0 Å². The molecule has 0 aliphatic heterocycles. The molecule has 3 aromatic rings. The van der Waals surface area contributed by atoms with Crippen molar-refractivity contribution in [3.8, 4) is 0 Å². The van der Waals surface area contributed by atoms with Crippen molar-refractivity contribution in [1.29, 1.82) is 0 Å². The second kappa shape index (κ2) is 8.67. The van der Waals surface area contributed by atoms with Crippen LogP contribution in [-0.4, -0.2) is 17.6 Å². The lowest BCUT2D eigenvalue weighted by Gasteiger charge is -2.08. The van der Waals surface area contributed by atoms with Gasteiger partial charge in [-0.05, 0) is 64.8 Å². The van der Waals surface area contributed by atoms with Crippen molar-refractivity contribution in [2.24, 2.45) is 0 Å². The van der Waals surface area contributed by atoms with Crippen molar-refractivity contribution < 1.29 is 18.8 Å². The zero-order valence-corrected chi connectivity index (χ0v) is 16.6. The third-order valence-corrected chi connectivity index (χ3v) is 4.35. The number of halogens is 1. The number of ketones is 1. The summed E-state index contributed by atoms with van der Waals surface area (Å²) in [5, 5.41) is 5.50. The van der Waals surface area contributed by atoms with Gasteiger partial charge in [-0.3, -0.25) is 14.4 Å². The first-order valence-corrected chi connectivity index (χ1v) is 9.26. The number of rotatable bonds is 6. The summed E-state index contributed by atoms with van der Waals surface area (Å²) in [6.07, 6.45) is 0.170. The van der Waals surface area contributed by atoms with Gasteiger partial charge in [-0.1, -0.05) is 24.3 Å². The molecule has 28 heavy (non-hydrogen) atoms. The standard InChI is InChI=1S/C21H17BrN2O4/c1-13(25)15-3-2-4-17(12-15)23-20(26)11-14-5-7-16(8-6-14)24-21(27)18-9-10-19(22)28-18/h2-10,12H,11H2,1H3,(H,23,26)(H,24,27). The zero-order valence-electron chi connectivity index (χ0n) is 15.0. The first-order valence-electron chi connectivity index (χ1n) is 8.47. The summed E-state index contributed by atoms with van der Waals surface area (Å²) in [5.41, 5.74) is 2.50. The molecule has 1 heterocycles. The summed E-state index contributed by atoms with van der Waals surface area (Å²) < 4.78 is 5.68. The van der Waals surface area contributed by atoms with Crippen LogP contribution >= 0.6 is 15.9 Å². The van der Waals surface area contributed by atoms with Crippen molar-refractivity contribution in [3.63, 3.8) is 0 Å². The average Bonchev–Trinajstić information content (AvgIpc) is 3.10. The van der Waals surface area contributed by atoms with Gasteiger partial charge in [0.15, 0.2) is 16.2 Å². The van der Waals surface area contributed by atoms with Gasteiger partial charge in [-0.25, -0.2) is 0 Å². The van der Waals surface area contributed by atoms with E-state index in [1.54, 1.807) is 60.7 Å². The van der Waals surface area contributed by atoms with Crippen LogP contribution in [0.2, 0.25) is 0 Å². The topological polar surface area (TPSA) is 88.4 Å². The lowest BCUT2D eigenvalue weighted by Crippen LogP contribution is -2.15. The highest BCUT2D eigenvalue weighted by Gasteiger charge is 2.11. The number of Topliss-reactive ketones (excluding diaryl/α,β-unsaturated/α-hetero) is 1. The van der Waals surface area contributed by atoms with Crippen LogP contribution in [0.3, 0.4) is 0 Å². The normalized spacial score (nSPS) is 10.4. The molecule has 1 aromatic heterocycles. The Labute approximate surface area is 170 Å². The maximum absolute atomic E-state index is 12.2. The fourth-order valence-electron chi connectivity index (χ4n) is 2.54. The highest BCUT2D eigenvalue weighted by atomic mass is 79.9. The van der Waals surface area contributed by atoms with Crippen LogP contribution in [0.5, 0.6) is 0 Å². The fraction of sp³-hybridized carbons (Fsp3) is 0.0952. The molecule has 0 aliphatic carbocycles. The Morgan fingerprint density at radius 1 is 0.929 bits per heavy atom. The molecule has 2 amide bonds. The van der Waals surface area contributed by atoms with Crippen molar-refractivity contribution in [3.05, 3.63) is 82.2 Å². The van der Waals surface area contributed by atoms with E-state index in [0.29, 0.717) is 21.6 Å². The van der Waals surface area contributed by atoms with E-state index in [0.717, 1.165) is 5.56 Å². The smallest absolute Gasteiger partial charge is 0.291 e. The van der Waals surface area contributed by atoms with Gasteiger partial charge in [-0.15, -0.1) is 0 Å². The minimum absolute atomic E-state index is 0.0596. The monoisotopic (exact) mass is 440 g/mol. The van der Waals surface area contributed by atoms with Crippen molar-refractivity contribution in [2.75, 3.05) is 10.6 Å². The number of hydrogen-bond donors (Lipinski definition) is 2. The molecular weight excluding hydrogens is 424 g/mol. The van der Waals surface area contributed by atoms with Gasteiger partial charge in [0, 0.05) is 16.9 Å². The number of hydrogen-bond acceptors (Lipinski definition) is 4. The van der Waals surface area contributed by atoms with Crippen LogP contribution in [-0.2, 0) is 11.2 Å². The van der Waals surface area contributed by atoms with Gasteiger partial charge in [0.2, 0.25) is 5.91 Å². The van der Waals surface area contributed by atoms with E-state index in [2.05, 4.69) is 26.6 Å². The summed E-state index contributed by atoms with van der Waals surface area (Å²) >= 11 is 3.15. The SMILES string of the molecule is CC(=O)c1cccc(NC(=O)Cc2ccc(NC(=O)c3ccc(Br)o3)cc2)c1. The number of furan rings is 1. The maximum atomic E-state index is 12.2. The molecule has 142 valence electrons. The average molecular weight is 441 g/mol. The number of carbonyl (C=O) groups is 3. The number of amides is 2. The molecule has 0 atom stereocenters. The highest BCUT2D eigenvalue weighted by Crippen LogP contribution is 2.17. The van der Waals surface area contributed by atoms with E-state index in [4.69, 9.17) is 4.42 Å². The van der Waals surface area contributed by atoms with E-state index in [9.17, 15) is 14.4 Å². The fourth-order valence-corrected chi connectivity index (χ4v) is 2.85. The molecular formula is C21H17BrN2O4. The lowest BCUT2D eigenvalue weighted by molar-refractivity contribution is -0.115. The van der Waals surface area contributed by atoms with Crippen LogP contribution < -0.4 is 10.6 Å². The Kier molecular flexibility index (Phi) is 6.06. The molecule has 2 aromatic carbocycles. The lowest BCUT2D eigenvalue weighted by atomic mass is 10.1. The molecule has 6 nitrogen and oxygen atoms in total. The van der Waals surface area contributed by atoms with E-state index in [-0.39, 0.29) is 29.8 Å². The number of anilines is 2. The molecule has 0 fully saturated rings. The quantitative estimate of drug-likeness (QED) is 0.544. The van der Waals surface area contributed by atoms with Gasteiger partial charge in [0.25, 0.3) is 5.91 Å². The van der Waals surface area contributed by atoms with Crippen molar-refractivity contribution >= 4 is 44.9 Å². The largest absolute Gasteiger partial charge is 0.444 e. The molecule has 0 saturated heterocycles. The third-order valence-electron chi connectivity index (χ3n) is 3.93. The van der Waals surface area contributed by atoms with Crippen LogP contribution in [0.25, 0.3) is 0 Å². The minimum atomic E-state index is -0.360. The van der Waals surface area contributed by atoms with Crippen LogP contribution in [0.4, 0.5) is 11.4 Å². The molecule has 0 aliphatic rings. The maximum Gasteiger partial charge on any atom is 0.291 e. The number of nitrogens with one attached hydrogen (secondary N) is 2. The summed E-state index contributed by atoms with van der Waals surface area (Å²) in [5.74, 6) is -0.418. The number of benzene rings is 2. The molecule has 0 spiro atoms. The summed E-state index contributed by atoms with van der Waals surface area (Å²) in [4.78, 5) is 35.7. The van der Waals surface area contributed by atoms with E-state index >= 15 is 0 Å². The first kappa shape index (κ1) is 19.6. The summed E-state index contributed by atoms with van der Waals surface area (Å²) in [7, 11) is 0. The second-order valence-corrected chi connectivity index (χ2v) is 6.90. The van der Waals surface area contributed by atoms with E-state index in [1.165, 1.54) is 6.92 Å². The Bertz CT molecular complexity index is 1020. The molecule has 0 radical (unpaired) electrons. The van der Waals surface area contributed by atoms with Gasteiger partial charge in [-0.2, -0.15) is 0 Å². The predicted octanol–water partition coefficient (Wildman–Crippen LogP) is 4.68. The van der Waals surface area contributed by atoms with Gasteiger partial charge >= 0.3 is 0 Å². The molecule has 0 bridgehead atoms. The van der Waals surface area contributed by atoms with Gasteiger partial charge in [0.05, 0.1) is 6.42 Å². The molecule has 0 unspecified atom stereocenters. The Morgan fingerprint density at radius 3 is 2.32 bits per heavy atom. The predicted molar refractivity (Wildman–Crippen MR) is 110 cm³/mol. The first-order chi connectivity index (χ1) is 13.4. The third kappa shape index (κ3) is 5.17. The molecule has 3 rings (SSSR count). The summed E-state index contributed by atoms with van der Waals surface area (Å²) in [6.45, 7) is 1.48. The number of carbonyl (C=O) groups excluding carboxylic acids is 3. The minimum Gasteiger partial charge on any atom is -0.444 e. The second-order valence-electron chi connectivity index (χ2n) is 6.12. The Morgan fingerprint density at radius 2 is 1.68 bits per heavy atom. The van der Waals surface area contributed by atoms with Gasteiger partial charge < -0.3 is 15.1 Å². The Balaban J connectivity index is 1.57. The van der Waals surface area contributed by atoms with E-state index < -0.39 is 0 Å². The van der Waals surface area contributed by atoms with Crippen LogP contribution in [0.15, 0.2) is 69.8 Å². The molecule has 2 N–H and O–H groups in total. The Hall–Kier alpha value is -3.19. The van der Waals surface area contributed by atoms with Crippen molar-refractivity contribution in [2.45, 2.75) is 13.3 Å². The molecule has 0 saturated carbocycles. The zero-order chi connectivity index (χ0) is 20.1. The summed E-state index contributed by atoms with van der Waals surface area (Å²) in [6, 6.07) is 17.0. The van der Waals surface area contributed by atoms with Gasteiger partial charge in [0.1, 0.15) is 0 Å². The van der Waals surface area contributed by atoms with E-state index in [1.807, 2.05) is 0 Å². The van der Waals surface area contributed by atoms with Crippen LogP contribution in [0.1, 0.15) is 33.4 Å². The van der Waals surface area contributed by atoms with Crippen molar-refractivity contribution in [1.82, 2.24) is 0 Å².